The van der Waals surface area contributed by atoms with Crippen LogP contribution in [0.4, 0.5) is 0 Å². The molecule has 0 saturated carbocycles. The second-order valence-corrected chi connectivity index (χ2v) is 12.8. The highest BCUT2D eigenvalue weighted by molar-refractivity contribution is 6.76. The van der Waals surface area contributed by atoms with Gasteiger partial charge < -0.3 is 9.30 Å². The van der Waals surface area contributed by atoms with Crippen molar-refractivity contribution in [3.63, 3.8) is 0 Å². The first-order chi connectivity index (χ1) is 11.0. The number of imidazole rings is 1. The van der Waals surface area contributed by atoms with Crippen LogP contribution in [0.1, 0.15) is 0 Å². The molecular weight excluding hydrogens is 300 g/mol. The standard InChI is InChI=1S/C19H24N2OSi/c1-23(2,3)11-10-22-15-21-13-19(20-14-21)18-9-8-16-6-4-5-7-17(16)12-18/h4-9,12-14H,10-11,15H2,1-3H3. The van der Waals surface area contributed by atoms with Gasteiger partial charge in [-0.15, -0.1) is 0 Å². The van der Waals surface area contributed by atoms with Crippen molar-refractivity contribution in [3.05, 3.63) is 55.0 Å². The largest absolute Gasteiger partial charge is 0.361 e. The summed E-state index contributed by atoms with van der Waals surface area (Å²) in [5.41, 5.74) is 2.13. The first-order valence-corrected chi connectivity index (χ1v) is 11.8. The lowest BCUT2D eigenvalue weighted by Crippen LogP contribution is -2.21. The highest BCUT2D eigenvalue weighted by Crippen LogP contribution is 2.23. The van der Waals surface area contributed by atoms with Gasteiger partial charge in [-0.05, 0) is 22.9 Å². The molecular formula is C19H24N2OSi. The number of hydrogen-bond donors (Lipinski definition) is 0. The zero-order valence-corrected chi connectivity index (χ0v) is 15.1. The van der Waals surface area contributed by atoms with Crippen LogP contribution in [-0.4, -0.2) is 24.2 Å². The van der Waals surface area contributed by atoms with Gasteiger partial charge in [0, 0.05) is 26.4 Å². The molecule has 1 heterocycles. The fraction of sp³-hybridized carbons (Fsp3) is 0.316. The number of rotatable bonds is 6. The molecule has 3 nitrogen and oxygen atoms in total. The average molecular weight is 325 g/mol. The molecule has 0 spiro atoms. The second-order valence-electron chi connectivity index (χ2n) is 7.18. The van der Waals surface area contributed by atoms with E-state index in [1.807, 2.05) is 10.9 Å². The lowest BCUT2D eigenvalue weighted by Gasteiger charge is -2.15. The van der Waals surface area contributed by atoms with E-state index in [1.165, 1.54) is 16.8 Å². The Balaban J connectivity index is 1.66. The molecule has 0 N–H and O–H groups in total. The van der Waals surface area contributed by atoms with Crippen LogP contribution in [0.2, 0.25) is 25.7 Å². The van der Waals surface area contributed by atoms with Crippen LogP contribution in [0.3, 0.4) is 0 Å². The van der Waals surface area contributed by atoms with Gasteiger partial charge in [0.05, 0.1) is 12.0 Å². The van der Waals surface area contributed by atoms with Gasteiger partial charge in [-0.1, -0.05) is 56.0 Å². The molecule has 0 aliphatic heterocycles. The van der Waals surface area contributed by atoms with Crippen molar-refractivity contribution in [3.8, 4) is 11.3 Å². The molecule has 120 valence electrons. The van der Waals surface area contributed by atoms with E-state index in [-0.39, 0.29) is 0 Å². The van der Waals surface area contributed by atoms with Crippen LogP contribution < -0.4 is 0 Å². The second kappa shape index (κ2) is 6.68. The Morgan fingerprint density at radius 1 is 1.04 bits per heavy atom. The van der Waals surface area contributed by atoms with Gasteiger partial charge >= 0.3 is 0 Å². The molecule has 0 fully saturated rings. The molecule has 3 aromatic rings. The third-order valence-electron chi connectivity index (χ3n) is 3.92. The summed E-state index contributed by atoms with van der Waals surface area (Å²) in [6.07, 6.45) is 3.90. The van der Waals surface area contributed by atoms with Crippen molar-refractivity contribution in [2.24, 2.45) is 0 Å². The predicted molar refractivity (Wildman–Crippen MR) is 99.3 cm³/mol. The maximum atomic E-state index is 5.77. The van der Waals surface area contributed by atoms with Gasteiger partial charge in [0.1, 0.15) is 6.73 Å². The van der Waals surface area contributed by atoms with Crippen LogP contribution in [0.5, 0.6) is 0 Å². The minimum absolute atomic E-state index is 0.574. The summed E-state index contributed by atoms with van der Waals surface area (Å²) >= 11 is 0. The minimum atomic E-state index is -1.02. The number of benzene rings is 2. The van der Waals surface area contributed by atoms with E-state index in [2.05, 4.69) is 73.3 Å². The van der Waals surface area contributed by atoms with Crippen molar-refractivity contribution in [2.45, 2.75) is 32.4 Å². The van der Waals surface area contributed by atoms with E-state index in [4.69, 9.17) is 4.74 Å². The van der Waals surface area contributed by atoms with Crippen molar-refractivity contribution >= 4 is 18.8 Å². The molecule has 0 amide bonds. The molecule has 0 aliphatic carbocycles. The van der Waals surface area contributed by atoms with Crippen molar-refractivity contribution in [1.29, 1.82) is 0 Å². The summed E-state index contributed by atoms with van der Waals surface area (Å²) in [5.74, 6) is 0. The SMILES string of the molecule is C[Si](C)(C)CCOCn1cnc(-c2ccc3ccccc3c2)c1. The summed E-state index contributed by atoms with van der Waals surface area (Å²) in [6, 6.07) is 16.0. The van der Waals surface area contributed by atoms with Crippen LogP contribution in [0.15, 0.2) is 55.0 Å². The Hall–Kier alpha value is -1.91. The lowest BCUT2D eigenvalue weighted by atomic mass is 10.1. The number of nitrogens with zero attached hydrogens (tertiary/aromatic N) is 2. The van der Waals surface area contributed by atoms with E-state index >= 15 is 0 Å². The van der Waals surface area contributed by atoms with Gasteiger partial charge in [-0.25, -0.2) is 4.98 Å². The molecule has 0 bridgehead atoms. The molecule has 0 saturated heterocycles. The smallest absolute Gasteiger partial charge is 0.123 e. The molecule has 0 aliphatic rings. The summed E-state index contributed by atoms with van der Waals surface area (Å²) in [7, 11) is -1.02. The molecule has 4 heteroatoms. The predicted octanol–water partition coefficient (Wildman–Crippen LogP) is 5.02. The van der Waals surface area contributed by atoms with Gasteiger partial charge in [-0.3, -0.25) is 0 Å². The zero-order valence-electron chi connectivity index (χ0n) is 14.1. The van der Waals surface area contributed by atoms with Crippen molar-refractivity contribution in [2.75, 3.05) is 6.61 Å². The molecule has 23 heavy (non-hydrogen) atoms. The van der Waals surface area contributed by atoms with Crippen molar-refractivity contribution < 1.29 is 4.74 Å². The van der Waals surface area contributed by atoms with E-state index in [0.29, 0.717) is 6.73 Å². The lowest BCUT2D eigenvalue weighted by molar-refractivity contribution is 0.0872. The highest BCUT2D eigenvalue weighted by atomic mass is 28.3. The quantitative estimate of drug-likeness (QED) is 0.470. The normalized spacial score (nSPS) is 12.0. The van der Waals surface area contributed by atoms with Crippen LogP contribution >= 0.6 is 0 Å². The van der Waals surface area contributed by atoms with E-state index in [1.54, 1.807) is 0 Å². The van der Waals surface area contributed by atoms with E-state index < -0.39 is 8.07 Å². The van der Waals surface area contributed by atoms with Gasteiger partial charge in [0.2, 0.25) is 0 Å². The maximum absolute atomic E-state index is 5.77. The fourth-order valence-electron chi connectivity index (χ4n) is 2.48. The number of hydrogen-bond acceptors (Lipinski definition) is 2. The van der Waals surface area contributed by atoms with Gasteiger partial charge in [0.25, 0.3) is 0 Å². The Bertz CT molecular complexity index is 789. The van der Waals surface area contributed by atoms with Gasteiger partial charge in [0.15, 0.2) is 0 Å². The van der Waals surface area contributed by atoms with E-state index in [9.17, 15) is 0 Å². The Morgan fingerprint density at radius 2 is 1.83 bits per heavy atom. The van der Waals surface area contributed by atoms with Crippen LogP contribution in [0, 0.1) is 0 Å². The highest BCUT2D eigenvalue weighted by Gasteiger charge is 2.12. The monoisotopic (exact) mass is 324 g/mol. The molecule has 2 aromatic carbocycles. The number of ether oxygens (including phenoxy) is 1. The molecule has 0 radical (unpaired) electrons. The number of fused-ring (bicyclic) bond motifs is 1. The van der Waals surface area contributed by atoms with Crippen LogP contribution in [-0.2, 0) is 11.5 Å². The van der Waals surface area contributed by atoms with Crippen LogP contribution in [0.25, 0.3) is 22.0 Å². The van der Waals surface area contributed by atoms with Gasteiger partial charge in [-0.2, -0.15) is 0 Å². The summed E-state index contributed by atoms with van der Waals surface area (Å²) in [5, 5.41) is 2.50. The fourth-order valence-corrected chi connectivity index (χ4v) is 3.23. The third kappa shape index (κ3) is 4.30. The maximum Gasteiger partial charge on any atom is 0.123 e. The Morgan fingerprint density at radius 3 is 2.61 bits per heavy atom. The van der Waals surface area contributed by atoms with Crippen molar-refractivity contribution in [1.82, 2.24) is 9.55 Å². The first kappa shape index (κ1) is 16.0. The molecule has 1 aromatic heterocycles. The topological polar surface area (TPSA) is 27.1 Å². The average Bonchev–Trinajstić information content (AvgIpc) is 2.99. The summed E-state index contributed by atoms with van der Waals surface area (Å²) in [6.45, 7) is 8.51. The Labute approximate surface area is 138 Å². The minimum Gasteiger partial charge on any atom is -0.361 e. The van der Waals surface area contributed by atoms with E-state index in [0.717, 1.165) is 17.9 Å². The summed E-state index contributed by atoms with van der Waals surface area (Å²) in [4.78, 5) is 4.51. The third-order valence-corrected chi connectivity index (χ3v) is 5.62. The first-order valence-electron chi connectivity index (χ1n) is 8.10. The Kier molecular flexibility index (Phi) is 4.64. The molecule has 3 rings (SSSR count). The molecule has 0 atom stereocenters. The zero-order chi connectivity index (χ0) is 16.3. The molecule has 0 unspecified atom stereocenters. The number of aromatic nitrogens is 2. The summed E-state index contributed by atoms with van der Waals surface area (Å²) < 4.78 is 7.78.